The molecule has 0 aliphatic carbocycles. The summed E-state index contributed by atoms with van der Waals surface area (Å²) in [7, 11) is 0. The van der Waals surface area contributed by atoms with Gasteiger partial charge in [-0.15, -0.1) is 0 Å². The normalized spacial score (nSPS) is 17.5. The molecule has 0 bridgehead atoms. The number of rotatable bonds is 6. The summed E-state index contributed by atoms with van der Waals surface area (Å²) in [5.41, 5.74) is 0. The number of likely N-dealkylation sites (tertiary alicyclic amines) is 1. The van der Waals surface area contributed by atoms with E-state index in [-0.39, 0.29) is 23.8 Å². The molecule has 1 atom stereocenters. The zero-order valence-corrected chi connectivity index (χ0v) is 17.3. The number of nitrogens with zero attached hydrogens (tertiary/aromatic N) is 1. The van der Waals surface area contributed by atoms with E-state index in [4.69, 9.17) is 32.7 Å². The van der Waals surface area contributed by atoms with E-state index in [0.29, 0.717) is 41.9 Å². The van der Waals surface area contributed by atoms with Crippen molar-refractivity contribution in [2.45, 2.75) is 32.2 Å². The van der Waals surface area contributed by atoms with Gasteiger partial charge >= 0.3 is 6.09 Å². The fourth-order valence-corrected chi connectivity index (χ4v) is 3.27. The van der Waals surface area contributed by atoms with Crippen LogP contribution in [0.1, 0.15) is 26.2 Å². The fourth-order valence-electron chi connectivity index (χ4n) is 2.83. The smallest absolute Gasteiger partial charge is 0.409 e. The molecule has 0 aromatic heterocycles. The summed E-state index contributed by atoms with van der Waals surface area (Å²) in [5.74, 6) is 0.350. The van der Waals surface area contributed by atoms with E-state index < -0.39 is 0 Å². The van der Waals surface area contributed by atoms with Gasteiger partial charge in [0.05, 0.1) is 11.6 Å². The second-order valence-electron chi connectivity index (χ2n) is 6.25. The Bertz CT molecular complexity index is 752. The number of carbonyl (C=O) groups is 2. The van der Waals surface area contributed by atoms with Crippen LogP contribution in [0.3, 0.4) is 0 Å². The van der Waals surface area contributed by atoms with Crippen LogP contribution in [0, 0.1) is 0 Å². The maximum absolute atomic E-state index is 12.4. The van der Waals surface area contributed by atoms with Crippen molar-refractivity contribution in [3.8, 4) is 5.75 Å². The minimum Gasteiger partial charge on any atom is -0.456 e. The lowest BCUT2D eigenvalue weighted by Crippen LogP contribution is -2.36. The lowest BCUT2D eigenvalue weighted by atomic mass is 10.1. The third-order valence-electron chi connectivity index (χ3n) is 4.20. The van der Waals surface area contributed by atoms with Crippen molar-refractivity contribution >= 4 is 35.2 Å². The van der Waals surface area contributed by atoms with Crippen LogP contribution in [0.25, 0.3) is 0 Å². The summed E-state index contributed by atoms with van der Waals surface area (Å²) in [6, 6.07) is 4.79. The zero-order valence-electron chi connectivity index (χ0n) is 15.7. The topological polar surface area (TPSA) is 67.9 Å². The van der Waals surface area contributed by atoms with Crippen LogP contribution in [-0.2, 0) is 9.53 Å². The minimum atomic E-state index is -0.309. The van der Waals surface area contributed by atoms with E-state index in [0.717, 1.165) is 12.8 Å². The number of benzene rings is 1. The van der Waals surface area contributed by atoms with E-state index in [1.807, 2.05) is 0 Å². The van der Waals surface area contributed by atoms with Crippen LogP contribution in [0.4, 0.5) is 4.79 Å². The first-order valence-corrected chi connectivity index (χ1v) is 9.87. The predicted octanol–water partition coefficient (Wildman–Crippen LogP) is 4.57. The Kier molecular flexibility index (Phi) is 8.67. The van der Waals surface area contributed by atoms with Crippen LogP contribution in [-0.4, -0.2) is 42.6 Å². The Balaban J connectivity index is 1.93. The molecule has 1 aliphatic rings. The number of nitrogens with one attached hydrogen (secondary N) is 1. The molecule has 1 fully saturated rings. The van der Waals surface area contributed by atoms with Gasteiger partial charge in [-0.05, 0) is 50.5 Å². The Morgan fingerprint density at radius 1 is 1.32 bits per heavy atom. The number of amides is 2. The zero-order chi connectivity index (χ0) is 20.5. The summed E-state index contributed by atoms with van der Waals surface area (Å²) in [6.45, 7) is 6.96. The molecule has 152 valence electrons. The number of hydrogen-bond donors (Lipinski definition) is 1. The quantitative estimate of drug-likeness (QED) is 0.410. The second kappa shape index (κ2) is 11.0. The standard InChI is InChI=1S/C20H24Cl2N2O4/c1-3-16(28-18-8-7-14(21)12-17(18)22)13-19(25)23-15-6-5-10-24(11-9-15)20(26)27-4-2/h3,7-8,12-13,15H,1,4-6,9-11H2,2H3,(H,23,25)/b16-13-. The van der Waals surface area contributed by atoms with E-state index in [9.17, 15) is 9.59 Å². The molecule has 1 saturated heterocycles. The lowest BCUT2D eigenvalue weighted by molar-refractivity contribution is -0.117. The highest BCUT2D eigenvalue weighted by Gasteiger charge is 2.22. The lowest BCUT2D eigenvalue weighted by Gasteiger charge is -2.19. The second-order valence-corrected chi connectivity index (χ2v) is 7.09. The van der Waals surface area contributed by atoms with Crippen LogP contribution in [0.2, 0.25) is 10.0 Å². The molecule has 1 heterocycles. The van der Waals surface area contributed by atoms with Crippen LogP contribution < -0.4 is 10.1 Å². The largest absolute Gasteiger partial charge is 0.456 e. The molecule has 28 heavy (non-hydrogen) atoms. The summed E-state index contributed by atoms with van der Waals surface area (Å²) in [4.78, 5) is 25.9. The van der Waals surface area contributed by atoms with Crippen molar-refractivity contribution in [1.82, 2.24) is 10.2 Å². The third-order valence-corrected chi connectivity index (χ3v) is 4.73. The first-order valence-electron chi connectivity index (χ1n) is 9.12. The number of halogens is 2. The molecule has 1 aromatic carbocycles. The van der Waals surface area contributed by atoms with Gasteiger partial charge in [0.25, 0.3) is 0 Å². The SMILES string of the molecule is C=C/C(=C/C(=O)NC1CCCN(C(=O)OCC)CC1)Oc1ccc(Cl)cc1Cl. The number of allylic oxidation sites excluding steroid dienone is 1. The number of ether oxygens (including phenoxy) is 2. The van der Waals surface area contributed by atoms with Crippen molar-refractivity contribution < 1.29 is 19.1 Å². The van der Waals surface area contributed by atoms with Crippen molar-refractivity contribution in [3.63, 3.8) is 0 Å². The molecule has 0 radical (unpaired) electrons. The minimum absolute atomic E-state index is 0.0339. The fraction of sp³-hybridized carbons (Fsp3) is 0.400. The van der Waals surface area contributed by atoms with Crippen molar-refractivity contribution in [2.24, 2.45) is 0 Å². The predicted molar refractivity (Wildman–Crippen MR) is 110 cm³/mol. The molecule has 8 heteroatoms. The highest BCUT2D eigenvalue weighted by molar-refractivity contribution is 6.35. The van der Waals surface area contributed by atoms with Crippen molar-refractivity contribution in [2.75, 3.05) is 19.7 Å². The average molecular weight is 427 g/mol. The molecule has 1 N–H and O–H groups in total. The molecule has 6 nitrogen and oxygen atoms in total. The van der Waals surface area contributed by atoms with Gasteiger partial charge in [0.2, 0.25) is 5.91 Å². The summed E-state index contributed by atoms with van der Waals surface area (Å²) < 4.78 is 10.7. The van der Waals surface area contributed by atoms with Gasteiger partial charge in [0.1, 0.15) is 11.5 Å². The third kappa shape index (κ3) is 6.77. The summed E-state index contributed by atoms with van der Waals surface area (Å²) in [5, 5.41) is 3.78. The maximum atomic E-state index is 12.4. The van der Waals surface area contributed by atoms with Gasteiger partial charge in [-0.25, -0.2) is 4.79 Å². The Hall–Kier alpha value is -2.18. The Morgan fingerprint density at radius 3 is 2.79 bits per heavy atom. The molecule has 0 spiro atoms. The molecule has 1 aromatic rings. The monoisotopic (exact) mass is 426 g/mol. The highest BCUT2D eigenvalue weighted by Crippen LogP contribution is 2.29. The molecule has 1 unspecified atom stereocenters. The number of hydrogen-bond acceptors (Lipinski definition) is 4. The maximum Gasteiger partial charge on any atom is 0.409 e. The molecule has 2 amide bonds. The van der Waals surface area contributed by atoms with Gasteiger partial charge in [0, 0.05) is 30.2 Å². The van der Waals surface area contributed by atoms with E-state index >= 15 is 0 Å². The van der Waals surface area contributed by atoms with E-state index in [1.165, 1.54) is 12.2 Å². The van der Waals surface area contributed by atoms with Gasteiger partial charge in [-0.3, -0.25) is 4.79 Å². The van der Waals surface area contributed by atoms with Gasteiger partial charge in [-0.1, -0.05) is 29.8 Å². The van der Waals surface area contributed by atoms with Crippen LogP contribution >= 0.6 is 23.2 Å². The van der Waals surface area contributed by atoms with Crippen molar-refractivity contribution in [1.29, 1.82) is 0 Å². The van der Waals surface area contributed by atoms with Gasteiger partial charge in [-0.2, -0.15) is 0 Å². The first-order chi connectivity index (χ1) is 13.4. The van der Waals surface area contributed by atoms with E-state index in [2.05, 4.69) is 11.9 Å². The Morgan fingerprint density at radius 2 is 2.11 bits per heavy atom. The van der Waals surface area contributed by atoms with Crippen molar-refractivity contribution in [3.05, 3.63) is 52.7 Å². The summed E-state index contributed by atoms with van der Waals surface area (Å²) in [6.07, 6.45) is 4.68. The highest BCUT2D eigenvalue weighted by atomic mass is 35.5. The number of carbonyl (C=O) groups excluding carboxylic acids is 2. The van der Waals surface area contributed by atoms with E-state index in [1.54, 1.807) is 30.0 Å². The van der Waals surface area contributed by atoms with Gasteiger partial charge in [0.15, 0.2) is 0 Å². The summed E-state index contributed by atoms with van der Waals surface area (Å²) >= 11 is 12.0. The molecular formula is C20H24Cl2N2O4. The molecule has 2 rings (SSSR count). The Labute approximate surface area is 175 Å². The van der Waals surface area contributed by atoms with Crippen LogP contribution in [0.5, 0.6) is 5.75 Å². The molecular weight excluding hydrogens is 403 g/mol. The van der Waals surface area contributed by atoms with Crippen LogP contribution in [0.15, 0.2) is 42.7 Å². The average Bonchev–Trinajstić information content (AvgIpc) is 2.89. The van der Waals surface area contributed by atoms with Gasteiger partial charge < -0.3 is 19.7 Å². The molecule has 1 aliphatic heterocycles. The molecule has 0 saturated carbocycles. The first kappa shape index (κ1) is 22.1.